The van der Waals surface area contributed by atoms with Crippen molar-refractivity contribution >= 4 is 34.7 Å². The molecule has 1 aliphatic rings. The summed E-state index contributed by atoms with van der Waals surface area (Å²) in [4.78, 5) is 21.9. The van der Waals surface area contributed by atoms with Gasteiger partial charge in [0.15, 0.2) is 10.9 Å². The molecule has 0 bridgehead atoms. The number of aryl methyl sites for hydroxylation is 1. The number of amides is 1. The van der Waals surface area contributed by atoms with Crippen LogP contribution in [-0.4, -0.2) is 35.1 Å². The zero-order valence-electron chi connectivity index (χ0n) is 15.7. The largest absolute Gasteiger partial charge is 0.496 e. The number of nitro groups is 1. The number of carbonyl (C=O) groups excluding carboxylic acids is 1. The third kappa shape index (κ3) is 5.32. The highest BCUT2D eigenvalue weighted by molar-refractivity contribution is 8.15. The van der Waals surface area contributed by atoms with Crippen molar-refractivity contribution < 1.29 is 19.2 Å². The minimum Gasteiger partial charge on any atom is -0.496 e. The fourth-order valence-electron chi connectivity index (χ4n) is 2.56. The van der Waals surface area contributed by atoms with Crippen LogP contribution in [0.1, 0.15) is 16.7 Å². The predicted molar refractivity (Wildman–Crippen MR) is 111 cm³/mol. The highest BCUT2D eigenvalue weighted by Crippen LogP contribution is 2.30. The van der Waals surface area contributed by atoms with Crippen molar-refractivity contribution in [1.29, 1.82) is 0 Å². The van der Waals surface area contributed by atoms with Crippen molar-refractivity contribution in [3.63, 3.8) is 0 Å². The third-order valence-corrected chi connectivity index (χ3v) is 4.81. The normalized spacial score (nSPS) is 15.0. The van der Waals surface area contributed by atoms with Gasteiger partial charge in [0.05, 0.1) is 24.0 Å². The molecule has 0 atom stereocenters. The maximum absolute atomic E-state index is 11.2. The number of hydrogen-bond donors (Lipinski definition) is 1. The van der Waals surface area contributed by atoms with E-state index >= 15 is 0 Å². The second-order valence-electron chi connectivity index (χ2n) is 6.07. The lowest BCUT2D eigenvalue weighted by molar-refractivity contribution is -0.386. The summed E-state index contributed by atoms with van der Waals surface area (Å²) in [5.41, 5.74) is 2.19. The van der Waals surface area contributed by atoms with Crippen molar-refractivity contribution in [2.75, 3.05) is 12.9 Å². The van der Waals surface area contributed by atoms with Gasteiger partial charge in [-0.25, -0.2) is 0 Å². The third-order valence-electron chi connectivity index (χ3n) is 3.94. The molecule has 1 amide bonds. The first-order chi connectivity index (χ1) is 14.0. The molecule has 0 aromatic heterocycles. The number of thioether (sulfide) groups is 1. The van der Waals surface area contributed by atoms with E-state index in [0.717, 1.165) is 11.1 Å². The summed E-state index contributed by atoms with van der Waals surface area (Å²) >= 11 is 1.29. The summed E-state index contributed by atoms with van der Waals surface area (Å²) in [5, 5.41) is 22.2. The highest BCUT2D eigenvalue weighted by atomic mass is 32.2. The van der Waals surface area contributed by atoms with E-state index in [9.17, 15) is 14.9 Å². The lowest BCUT2D eigenvalue weighted by Gasteiger charge is -2.11. The van der Waals surface area contributed by atoms with Crippen molar-refractivity contribution in [3.8, 4) is 11.5 Å². The van der Waals surface area contributed by atoms with Gasteiger partial charge in [0.1, 0.15) is 12.4 Å². The molecule has 0 aliphatic carbocycles. The highest BCUT2D eigenvalue weighted by Gasteiger charge is 2.17. The number of rotatable bonds is 7. The van der Waals surface area contributed by atoms with Gasteiger partial charge in [-0.3, -0.25) is 14.9 Å². The molecule has 0 spiro atoms. The molecule has 0 unspecified atom stereocenters. The molecule has 1 N–H and O–H groups in total. The molecule has 3 rings (SSSR count). The van der Waals surface area contributed by atoms with Crippen LogP contribution in [0.15, 0.2) is 46.6 Å². The molecule has 1 heterocycles. The summed E-state index contributed by atoms with van der Waals surface area (Å²) < 4.78 is 11.1. The molecule has 0 saturated carbocycles. The summed E-state index contributed by atoms with van der Waals surface area (Å²) in [6.07, 6.45) is 1.54. The summed E-state index contributed by atoms with van der Waals surface area (Å²) in [7, 11) is 1.54. The van der Waals surface area contributed by atoms with Gasteiger partial charge in [0, 0.05) is 11.6 Å². The average Bonchev–Trinajstić information content (AvgIpc) is 3.11. The number of carbonyl (C=O) groups is 1. The number of hydrogen-bond acceptors (Lipinski definition) is 8. The Bertz CT molecular complexity index is 1010. The Labute approximate surface area is 171 Å². The Balaban J connectivity index is 1.77. The molecular formula is C19H18N4O5S. The van der Waals surface area contributed by atoms with E-state index in [1.54, 1.807) is 30.3 Å². The molecule has 2 aromatic carbocycles. The van der Waals surface area contributed by atoms with Crippen LogP contribution in [0.25, 0.3) is 0 Å². The van der Waals surface area contributed by atoms with Crippen LogP contribution in [0.4, 0.5) is 5.69 Å². The first kappa shape index (κ1) is 20.3. The molecule has 1 fully saturated rings. The number of nitrogens with one attached hydrogen (secondary N) is 1. The van der Waals surface area contributed by atoms with Crippen molar-refractivity contribution in [1.82, 2.24) is 5.32 Å². The molecule has 1 aliphatic heterocycles. The Kier molecular flexibility index (Phi) is 6.45. The van der Waals surface area contributed by atoms with E-state index in [1.165, 1.54) is 31.2 Å². The molecule has 150 valence electrons. The average molecular weight is 414 g/mol. The second kappa shape index (κ2) is 9.20. The van der Waals surface area contributed by atoms with Gasteiger partial charge < -0.3 is 14.8 Å². The van der Waals surface area contributed by atoms with Gasteiger partial charge in [-0.05, 0) is 42.3 Å². The number of nitro benzene ring substituents is 1. The van der Waals surface area contributed by atoms with E-state index < -0.39 is 4.92 Å². The molecule has 0 radical (unpaired) electrons. The van der Waals surface area contributed by atoms with Crippen LogP contribution >= 0.6 is 11.8 Å². The smallest absolute Gasteiger partial charge is 0.310 e. The van der Waals surface area contributed by atoms with Gasteiger partial charge in [0.25, 0.3) is 0 Å². The fourth-order valence-corrected chi connectivity index (χ4v) is 3.19. The molecule has 29 heavy (non-hydrogen) atoms. The van der Waals surface area contributed by atoms with E-state index in [-0.39, 0.29) is 24.0 Å². The van der Waals surface area contributed by atoms with E-state index in [4.69, 9.17) is 9.47 Å². The van der Waals surface area contributed by atoms with Gasteiger partial charge >= 0.3 is 5.69 Å². The Morgan fingerprint density at radius 2 is 2.10 bits per heavy atom. The van der Waals surface area contributed by atoms with Crippen LogP contribution in [0.5, 0.6) is 11.5 Å². The zero-order chi connectivity index (χ0) is 20.8. The summed E-state index contributed by atoms with van der Waals surface area (Å²) in [6, 6.07) is 10.1. The van der Waals surface area contributed by atoms with Crippen LogP contribution in [0, 0.1) is 17.0 Å². The van der Waals surface area contributed by atoms with E-state index in [1.807, 2.05) is 6.92 Å². The van der Waals surface area contributed by atoms with Gasteiger partial charge in [0.2, 0.25) is 5.91 Å². The van der Waals surface area contributed by atoms with Crippen LogP contribution in [0.3, 0.4) is 0 Å². The minimum atomic E-state index is -0.478. The minimum absolute atomic E-state index is 0.0789. The van der Waals surface area contributed by atoms with Crippen LogP contribution in [-0.2, 0) is 11.4 Å². The summed E-state index contributed by atoms with van der Waals surface area (Å²) in [6.45, 7) is 1.91. The van der Waals surface area contributed by atoms with E-state index in [2.05, 4.69) is 15.5 Å². The first-order valence-corrected chi connectivity index (χ1v) is 9.53. The Morgan fingerprint density at radius 1 is 1.28 bits per heavy atom. The predicted octanol–water partition coefficient (Wildman–Crippen LogP) is 3.04. The van der Waals surface area contributed by atoms with Crippen LogP contribution < -0.4 is 14.8 Å². The molecule has 1 saturated heterocycles. The van der Waals surface area contributed by atoms with Gasteiger partial charge in [-0.1, -0.05) is 17.8 Å². The van der Waals surface area contributed by atoms with Gasteiger partial charge in [-0.2, -0.15) is 5.10 Å². The SMILES string of the molecule is COc1ccc(C=NN=C2NC(=O)CS2)cc1COc1cc(C)ccc1[N+](=O)[O-]. The number of ether oxygens (including phenoxy) is 2. The summed E-state index contributed by atoms with van der Waals surface area (Å²) in [5.74, 6) is 1.01. The lowest BCUT2D eigenvalue weighted by Crippen LogP contribution is -2.19. The Morgan fingerprint density at radius 3 is 2.79 bits per heavy atom. The first-order valence-electron chi connectivity index (χ1n) is 8.54. The van der Waals surface area contributed by atoms with Crippen molar-refractivity contribution in [2.45, 2.75) is 13.5 Å². The number of amidine groups is 1. The Hall–Kier alpha value is -3.40. The zero-order valence-corrected chi connectivity index (χ0v) is 16.6. The lowest BCUT2D eigenvalue weighted by atomic mass is 10.1. The molecule has 2 aromatic rings. The number of methoxy groups -OCH3 is 1. The maximum Gasteiger partial charge on any atom is 0.310 e. The quantitative estimate of drug-likeness (QED) is 0.423. The number of nitrogens with zero attached hydrogens (tertiary/aromatic N) is 3. The van der Waals surface area contributed by atoms with Gasteiger partial charge in [-0.15, -0.1) is 5.10 Å². The van der Waals surface area contributed by atoms with E-state index in [0.29, 0.717) is 22.2 Å². The fraction of sp³-hybridized carbons (Fsp3) is 0.211. The maximum atomic E-state index is 11.2. The standard InChI is InChI=1S/C19H18N4O5S/c1-12-3-5-15(23(25)26)17(7-12)28-10-14-8-13(4-6-16(14)27-2)9-20-22-19-21-18(24)11-29-19/h3-9H,10-11H2,1-2H3,(H,21,22,24). The van der Waals surface area contributed by atoms with Crippen LogP contribution in [0.2, 0.25) is 0 Å². The number of benzene rings is 2. The van der Waals surface area contributed by atoms with Crippen molar-refractivity contribution in [2.24, 2.45) is 10.2 Å². The topological polar surface area (TPSA) is 115 Å². The van der Waals surface area contributed by atoms with Crippen molar-refractivity contribution in [3.05, 3.63) is 63.2 Å². The molecule has 10 heteroatoms. The monoisotopic (exact) mass is 414 g/mol. The molecule has 9 nitrogen and oxygen atoms in total. The second-order valence-corrected chi connectivity index (χ2v) is 7.04. The molecular weight excluding hydrogens is 396 g/mol.